The molecule has 1 aromatic carbocycles. The van der Waals surface area contributed by atoms with Crippen molar-refractivity contribution in [3.8, 4) is 5.75 Å². The number of hydrogen-bond donors (Lipinski definition) is 0. The first kappa shape index (κ1) is 9.02. The van der Waals surface area contributed by atoms with Crippen LogP contribution in [0.15, 0.2) is 30.3 Å². The smallest absolute Gasteiger partial charge is 0.118 e. The molecule has 3 rings (SSSR count). The SMILES string of the molecule is COc1ccc(C2=C[C@@H]3CC[C@H]2C3)cc1. The molecule has 1 aromatic rings. The van der Waals surface area contributed by atoms with E-state index >= 15 is 0 Å². The minimum Gasteiger partial charge on any atom is -0.497 e. The standard InChI is InChI=1S/C14H16O/c1-15-13-6-4-11(5-7-13)14-9-10-2-3-12(14)8-10/h4-7,9-10,12H,2-3,8H2,1H3/t10-,12+/m1/s1. The molecular formula is C14H16O. The Morgan fingerprint density at radius 1 is 1.13 bits per heavy atom. The first-order valence-corrected chi connectivity index (χ1v) is 5.73. The minimum absolute atomic E-state index is 0.836. The van der Waals surface area contributed by atoms with Gasteiger partial charge in [-0.2, -0.15) is 0 Å². The van der Waals surface area contributed by atoms with Crippen LogP contribution in [0.5, 0.6) is 5.75 Å². The van der Waals surface area contributed by atoms with Crippen LogP contribution in [-0.2, 0) is 0 Å². The zero-order valence-corrected chi connectivity index (χ0v) is 9.07. The van der Waals surface area contributed by atoms with Gasteiger partial charge in [-0.25, -0.2) is 0 Å². The predicted molar refractivity (Wildman–Crippen MR) is 61.8 cm³/mol. The van der Waals surface area contributed by atoms with E-state index in [-0.39, 0.29) is 0 Å². The van der Waals surface area contributed by atoms with E-state index in [2.05, 4.69) is 30.3 Å². The van der Waals surface area contributed by atoms with E-state index in [1.54, 1.807) is 12.7 Å². The van der Waals surface area contributed by atoms with Gasteiger partial charge in [0.05, 0.1) is 7.11 Å². The summed E-state index contributed by atoms with van der Waals surface area (Å²) in [4.78, 5) is 0. The van der Waals surface area contributed by atoms with Gasteiger partial charge in [-0.3, -0.25) is 0 Å². The van der Waals surface area contributed by atoms with Crippen molar-refractivity contribution in [1.29, 1.82) is 0 Å². The van der Waals surface area contributed by atoms with Gasteiger partial charge in [0.15, 0.2) is 0 Å². The molecule has 0 saturated heterocycles. The zero-order chi connectivity index (χ0) is 10.3. The molecule has 0 spiro atoms. The summed E-state index contributed by atoms with van der Waals surface area (Å²) in [6.45, 7) is 0. The van der Waals surface area contributed by atoms with E-state index < -0.39 is 0 Å². The molecule has 1 saturated carbocycles. The fourth-order valence-electron chi connectivity index (χ4n) is 2.96. The molecule has 1 nitrogen and oxygen atoms in total. The van der Waals surface area contributed by atoms with E-state index in [9.17, 15) is 0 Å². The average molecular weight is 200 g/mol. The topological polar surface area (TPSA) is 9.23 Å². The Bertz CT molecular complexity index is 388. The molecule has 0 aliphatic heterocycles. The van der Waals surface area contributed by atoms with E-state index in [4.69, 9.17) is 4.74 Å². The Morgan fingerprint density at radius 2 is 1.93 bits per heavy atom. The number of fused-ring (bicyclic) bond motifs is 2. The molecule has 0 amide bonds. The quantitative estimate of drug-likeness (QED) is 0.710. The Kier molecular flexibility index (Phi) is 2.05. The highest BCUT2D eigenvalue weighted by molar-refractivity contribution is 5.71. The van der Waals surface area contributed by atoms with Crippen molar-refractivity contribution in [2.45, 2.75) is 19.3 Å². The Labute approximate surface area is 90.8 Å². The number of benzene rings is 1. The van der Waals surface area contributed by atoms with Crippen molar-refractivity contribution < 1.29 is 4.74 Å². The molecule has 2 atom stereocenters. The van der Waals surface area contributed by atoms with Crippen molar-refractivity contribution in [3.63, 3.8) is 0 Å². The molecule has 0 heterocycles. The van der Waals surface area contributed by atoms with Gasteiger partial charge in [0.1, 0.15) is 5.75 Å². The summed E-state index contributed by atoms with van der Waals surface area (Å²) in [5, 5.41) is 0. The average Bonchev–Trinajstić information content (AvgIpc) is 2.91. The lowest BCUT2D eigenvalue weighted by molar-refractivity contribution is 0.415. The maximum Gasteiger partial charge on any atom is 0.118 e. The number of ether oxygens (including phenoxy) is 1. The molecule has 0 unspecified atom stereocenters. The monoisotopic (exact) mass is 200 g/mol. The second kappa shape index (κ2) is 3.41. The molecule has 0 aromatic heterocycles. The molecule has 1 heteroatoms. The van der Waals surface area contributed by atoms with Crippen molar-refractivity contribution in [2.24, 2.45) is 11.8 Å². The second-order valence-corrected chi connectivity index (χ2v) is 4.62. The van der Waals surface area contributed by atoms with E-state index in [1.165, 1.54) is 24.8 Å². The molecule has 0 N–H and O–H groups in total. The molecule has 15 heavy (non-hydrogen) atoms. The summed E-state index contributed by atoms with van der Waals surface area (Å²) in [5.74, 6) is 2.65. The third kappa shape index (κ3) is 1.46. The van der Waals surface area contributed by atoms with Crippen molar-refractivity contribution in [3.05, 3.63) is 35.9 Å². The highest BCUT2D eigenvalue weighted by atomic mass is 16.5. The normalized spacial score (nSPS) is 27.9. The third-order valence-electron chi connectivity index (χ3n) is 3.75. The predicted octanol–water partition coefficient (Wildman–Crippen LogP) is 3.51. The molecule has 78 valence electrons. The van der Waals surface area contributed by atoms with E-state index in [1.807, 2.05) is 0 Å². The summed E-state index contributed by atoms with van der Waals surface area (Å²) >= 11 is 0. The maximum atomic E-state index is 5.17. The summed E-state index contributed by atoms with van der Waals surface area (Å²) in [6, 6.07) is 8.49. The fourth-order valence-corrected chi connectivity index (χ4v) is 2.96. The van der Waals surface area contributed by atoms with Crippen LogP contribution in [0.2, 0.25) is 0 Å². The lowest BCUT2D eigenvalue weighted by atomic mass is 9.92. The summed E-state index contributed by atoms with van der Waals surface area (Å²) < 4.78 is 5.17. The van der Waals surface area contributed by atoms with E-state index in [0.717, 1.165) is 17.6 Å². The van der Waals surface area contributed by atoms with Gasteiger partial charge in [-0.05, 0) is 54.4 Å². The van der Waals surface area contributed by atoms with Crippen LogP contribution >= 0.6 is 0 Å². The van der Waals surface area contributed by atoms with Gasteiger partial charge < -0.3 is 4.74 Å². The van der Waals surface area contributed by atoms with Gasteiger partial charge in [0.2, 0.25) is 0 Å². The van der Waals surface area contributed by atoms with Gasteiger partial charge in [0, 0.05) is 0 Å². The van der Waals surface area contributed by atoms with Gasteiger partial charge in [-0.15, -0.1) is 0 Å². The zero-order valence-electron chi connectivity index (χ0n) is 9.07. The Balaban J connectivity index is 1.90. The minimum atomic E-state index is 0.836. The summed E-state index contributed by atoms with van der Waals surface area (Å²) in [6.07, 6.45) is 6.67. The van der Waals surface area contributed by atoms with Crippen LogP contribution in [0, 0.1) is 11.8 Å². The van der Waals surface area contributed by atoms with Crippen LogP contribution < -0.4 is 4.74 Å². The molecule has 2 aliphatic rings. The first-order chi connectivity index (χ1) is 7.36. The van der Waals surface area contributed by atoms with Crippen molar-refractivity contribution in [1.82, 2.24) is 0 Å². The lowest BCUT2D eigenvalue weighted by Gasteiger charge is -2.13. The Morgan fingerprint density at radius 3 is 2.47 bits per heavy atom. The highest BCUT2D eigenvalue weighted by Gasteiger charge is 2.32. The van der Waals surface area contributed by atoms with Crippen LogP contribution in [0.25, 0.3) is 5.57 Å². The number of hydrogen-bond acceptors (Lipinski definition) is 1. The lowest BCUT2D eigenvalue weighted by Crippen LogP contribution is -1.96. The third-order valence-corrected chi connectivity index (χ3v) is 3.75. The Hall–Kier alpha value is -1.24. The molecule has 0 radical (unpaired) electrons. The second-order valence-electron chi connectivity index (χ2n) is 4.62. The highest BCUT2D eigenvalue weighted by Crippen LogP contribution is 2.47. The molecule has 2 bridgehead atoms. The molecule has 2 aliphatic carbocycles. The number of rotatable bonds is 2. The van der Waals surface area contributed by atoms with Crippen LogP contribution in [-0.4, -0.2) is 7.11 Å². The maximum absolute atomic E-state index is 5.17. The van der Waals surface area contributed by atoms with E-state index in [0.29, 0.717) is 0 Å². The summed E-state index contributed by atoms with van der Waals surface area (Å²) in [5.41, 5.74) is 2.97. The number of allylic oxidation sites excluding steroid dienone is 2. The van der Waals surface area contributed by atoms with Crippen molar-refractivity contribution >= 4 is 5.57 Å². The molecule has 1 fully saturated rings. The van der Waals surface area contributed by atoms with Crippen LogP contribution in [0.3, 0.4) is 0 Å². The first-order valence-electron chi connectivity index (χ1n) is 5.73. The summed E-state index contributed by atoms with van der Waals surface area (Å²) in [7, 11) is 1.71. The van der Waals surface area contributed by atoms with Crippen molar-refractivity contribution in [2.75, 3.05) is 7.11 Å². The number of methoxy groups -OCH3 is 1. The van der Waals surface area contributed by atoms with Gasteiger partial charge in [0.25, 0.3) is 0 Å². The van der Waals surface area contributed by atoms with Gasteiger partial charge >= 0.3 is 0 Å². The van der Waals surface area contributed by atoms with Gasteiger partial charge in [-0.1, -0.05) is 18.2 Å². The largest absolute Gasteiger partial charge is 0.497 e. The molecular weight excluding hydrogens is 184 g/mol. The van der Waals surface area contributed by atoms with Crippen LogP contribution in [0.1, 0.15) is 24.8 Å². The fraction of sp³-hybridized carbons (Fsp3) is 0.429. The van der Waals surface area contributed by atoms with Crippen LogP contribution in [0.4, 0.5) is 0 Å².